The predicted molar refractivity (Wildman–Crippen MR) is 251 cm³/mol. The summed E-state index contributed by atoms with van der Waals surface area (Å²) in [5, 5.41) is 18.4. The van der Waals surface area contributed by atoms with Crippen LogP contribution in [0.3, 0.4) is 0 Å². The number of carbonyl (C=O) groups excluding carboxylic acids is 1. The van der Waals surface area contributed by atoms with Crippen LogP contribution >= 0.6 is 11.6 Å². The Balaban J connectivity index is 0.963. The minimum absolute atomic E-state index is 0.0367. The van der Waals surface area contributed by atoms with E-state index in [1.807, 2.05) is 36.4 Å². The van der Waals surface area contributed by atoms with Crippen molar-refractivity contribution in [1.82, 2.24) is 29.4 Å². The molecule has 0 atom stereocenters. The van der Waals surface area contributed by atoms with Gasteiger partial charge in [0.2, 0.25) is 0 Å². The molecule has 65 heavy (non-hydrogen) atoms. The number of carbonyl (C=O) groups is 1. The molecule has 17 heteroatoms. The van der Waals surface area contributed by atoms with Gasteiger partial charge in [0, 0.05) is 68.2 Å². The summed E-state index contributed by atoms with van der Waals surface area (Å²) in [5.41, 5.74) is 6.93. The summed E-state index contributed by atoms with van der Waals surface area (Å²) < 4.78 is 42.8. The Morgan fingerprint density at radius 2 is 1.77 bits per heavy atom. The van der Waals surface area contributed by atoms with E-state index in [0.717, 1.165) is 99.8 Å². The topological polar surface area (TPSA) is 178 Å². The molecule has 4 heterocycles. The van der Waals surface area contributed by atoms with Crippen LogP contribution in [0.25, 0.3) is 33.3 Å². The monoisotopic (exact) mass is 920 g/mol. The van der Waals surface area contributed by atoms with Crippen LogP contribution in [-0.4, -0.2) is 96.4 Å². The molecule has 0 unspecified atom stereocenters. The van der Waals surface area contributed by atoms with E-state index in [0.29, 0.717) is 22.4 Å². The fourth-order valence-electron chi connectivity index (χ4n) is 9.50. The third kappa shape index (κ3) is 9.62. The number of hydrogen-bond donors (Lipinski definition) is 2. The van der Waals surface area contributed by atoms with E-state index < -0.39 is 31.4 Å². The van der Waals surface area contributed by atoms with Gasteiger partial charge in [-0.3, -0.25) is 19.8 Å². The average Bonchev–Trinajstić information content (AvgIpc) is 3.94. The van der Waals surface area contributed by atoms with Gasteiger partial charge in [-0.05, 0) is 122 Å². The molecule has 1 saturated heterocycles. The van der Waals surface area contributed by atoms with Crippen LogP contribution in [0.2, 0.25) is 5.02 Å². The van der Waals surface area contributed by atoms with E-state index in [9.17, 15) is 23.3 Å². The molecule has 6 aromatic rings. The molecule has 1 aliphatic heterocycles. The Morgan fingerprint density at radius 1 is 1.00 bits per heavy atom. The zero-order valence-corrected chi connectivity index (χ0v) is 38.3. The number of aromatic nitrogens is 4. The van der Waals surface area contributed by atoms with Crippen molar-refractivity contribution in [2.45, 2.75) is 69.8 Å². The van der Waals surface area contributed by atoms with Gasteiger partial charge in [-0.2, -0.15) is 5.10 Å². The highest BCUT2D eigenvalue weighted by atomic mass is 35.5. The number of halogens is 1. The number of pyridine rings is 1. The first-order valence-electron chi connectivity index (χ1n) is 22.2. The lowest BCUT2D eigenvalue weighted by molar-refractivity contribution is -0.386. The van der Waals surface area contributed by atoms with E-state index in [1.54, 1.807) is 30.3 Å². The molecule has 1 amide bonds. The van der Waals surface area contributed by atoms with Crippen LogP contribution in [0.4, 0.5) is 11.4 Å². The summed E-state index contributed by atoms with van der Waals surface area (Å²) in [5.74, 6) is -0.773. The molecular weight excluding hydrogens is 868 g/mol. The van der Waals surface area contributed by atoms with Gasteiger partial charge in [0.25, 0.3) is 15.9 Å². The highest BCUT2D eigenvalue weighted by Gasteiger charge is 2.31. The van der Waals surface area contributed by atoms with Gasteiger partial charge >= 0.3 is 5.69 Å². The number of nitrogens with one attached hydrogen (secondary N) is 2. The average molecular weight is 922 g/mol. The van der Waals surface area contributed by atoms with Crippen LogP contribution in [-0.2, 0) is 14.8 Å². The Kier molecular flexibility index (Phi) is 12.4. The van der Waals surface area contributed by atoms with Gasteiger partial charge in [-0.1, -0.05) is 43.2 Å². The summed E-state index contributed by atoms with van der Waals surface area (Å²) in [7, 11) is -2.91. The first-order valence-corrected chi connectivity index (χ1v) is 24.0. The van der Waals surface area contributed by atoms with Crippen LogP contribution in [0.5, 0.6) is 5.75 Å². The van der Waals surface area contributed by atoms with E-state index in [2.05, 4.69) is 50.6 Å². The number of hydrogen-bond acceptors (Lipinski definition) is 11. The molecule has 2 N–H and O–H groups in total. The quantitative estimate of drug-likeness (QED) is 0.0835. The van der Waals surface area contributed by atoms with Gasteiger partial charge in [-0.15, -0.1) is 0 Å². The van der Waals surface area contributed by atoms with Gasteiger partial charge in [0.05, 0.1) is 45.5 Å². The fraction of sp³-hybridized carbons (Fsp3) is 0.396. The second kappa shape index (κ2) is 18.2. The van der Waals surface area contributed by atoms with E-state index in [1.165, 1.54) is 28.8 Å². The Labute approximate surface area is 382 Å². The predicted octanol–water partition coefficient (Wildman–Crippen LogP) is 8.95. The molecule has 3 aromatic heterocycles. The molecule has 9 rings (SSSR count). The van der Waals surface area contributed by atoms with E-state index in [-0.39, 0.29) is 35.4 Å². The molecule has 2 aliphatic carbocycles. The van der Waals surface area contributed by atoms with Crippen molar-refractivity contribution in [3.05, 3.63) is 117 Å². The lowest BCUT2D eigenvalue weighted by Crippen LogP contribution is -2.47. The molecule has 2 fully saturated rings. The number of anilines is 1. The molecule has 3 aromatic carbocycles. The maximum Gasteiger partial charge on any atom is 0.312 e. The zero-order valence-electron chi connectivity index (χ0n) is 36.8. The Bertz CT molecular complexity index is 2900. The highest BCUT2D eigenvalue weighted by Crippen LogP contribution is 2.43. The second-order valence-electron chi connectivity index (χ2n) is 18.3. The Hall–Kier alpha value is -5.81. The smallest absolute Gasteiger partial charge is 0.312 e. The third-order valence-electron chi connectivity index (χ3n) is 13.3. The van der Waals surface area contributed by atoms with E-state index >= 15 is 0 Å². The number of H-pyrrole nitrogens is 1. The van der Waals surface area contributed by atoms with Crippen LogP contribution in [0.1, 0.15) is 74.7 Å². The maximum absolute atomic E-state index is 14.2. The number of ether oxygens (including phenoxy) is 2. The van der Waals surface area contributed by atoms with Gasteiger partial charge < -0.3 is 19.4 Å². The zero-order chi connectivity index (χ0) is 45.5. The molecule has 0 bridgehead atoms. The number of piperazine rings is 1. The number of nitro groups is 1. The van der Waals surface area contributed by atoms with Crippen LogP contribution < -0.4 is 14.4 Å². The van der Waals surface area contributed by atoms with Gasteiger partial charge in [-0.25, -0.2) is 22.8 Å². The first-order chi connectivity index (χ1) is 31.2. The summed E-state index contributed by atoms with van der Waals surface area (Å²) >= 11 is 6.26. The van der Waals surface area contributed by atoms with Crippen molar-refractivity contribution in [1.29, 1.82) is 0 Å². The number of allylic oxidation sites excluding steroid dienone is 1. The normalized spacial score (nSPS) is 19.5. The lowest BCUT2D eigenvalue weighted by atomic mass is 9.72. The number of rotatable bonds is 13. The number of nitrogens with zero attached hydrogens (tertiary/aromatic N) is 6. The molecule has 0 spiro atoms. The largest absolute Gasteiger partial charge is 0.487 e. The van der Waals surface area contributed by atoms with Crippen molar-refractivity contribution in [3.63, 3.8) is 0 Å². The number of nitro benzene ring substituents is 1. The summed E-state index contributed by atoms with van der Waals surface area (Å²) in [6.07, 6.45) is 10.2. The molecule has 0 radical (unpaired) electrons. The summed E-state index contributed by atoms with van der Waals surface area (Å²) in [4.78, 5) is 37.9. The number of benzene rings is 3. The molecule has 3 aliphatic rings. The number of aromatic amines is 1. The van der Waals surface area contributed by atoms with Crippen molar-refractivity contribution >= 4 is 66.5 Å². The van der Waals surface area contributed by atoms with Crippen LogP contribution in [0.15, 0.2) is 95.7 Å². The molecule has 1 saturated carbocycles. The van der Waals surface area contributed by atoms with Crippen molar-refractivity contribution in [3.8, 4) is 11.4 Å². The van der Waals surface area contributed by atoms with Crippen molar-refractivity contribution in [2.24, 2.45) is 11.3 Å². The summed E-state index contributed by atoms with van der Waals surface area (Å²) in [6.45, 7) is 8.91. The minimum Gasteiger partial charge on any atom is -0.487 e. The van der Waals surface area contributed by atoms with Crippen molar-refractivity contribution in [2.75, 3.05) is 51.3 Å². The van der Waals surface area contributed by atoms with Gasteiger partial charge in [0.15, 0.2) is 5.75 Å². The molecule has 340 valence electrons. The fourth-order valence-corrected chi connectivity index (χ4v) is 10.6. The number of fused-ring (bicyclic) bond motifs is 2. The third-order valence-corrected chi connectivity index (χ3v) is 14.9. The minimum atomic E-state index is -4.60. The van der Waals surface area contributed by atoms with Gasteiger partial charge in [0.1, 0.15) is 11.2 Å². The Morgan fingerprint density at radius 3 is 2.51 bits per heavy atom. The number of sulfonamides is 1. The first kappa shape index (κ1) is 44.4. The SMILES string of the molecule is CO[C@H]1CC[C@@H](COc2ccc(S(=O)(=O)NC(=O)c3ccc(N4CCN(CC5=C(c6ccc(Cl)cc6)CC(C)(C)CC5)CC4)cc3-n3ncc4nc5[nH]ccc5cc43)cc2[N+](=O)[O-])CC1. The maximum atomic E-state index is 14.2. The second-order valence-corrected chi connectivity index (χ2v) is 20.4. The number of amides is 1. The lowest BCUT2D eigenvalue weighted by Gasteiger charge is -2.39. The molecular formula is C48H53ClN8O7S. The molecule has 15 nitrogen and oxygen atoms in total. The van der Waals surface area contributed by atoms with Crippen LogP contribution in [0, 0.1) is 21.4 Å². The van der Waals surface area contributed by atoms with Crippen molar-refractivity contribution < 1.29 is 27.6 Å². The number of methoxy groups -OCH3 is 1. The highest BCUT2D eigenvalue weighted by molar-refractivity contribution is 7.90. The summed E-state index contributed by atoms with van der Waals surface area (Å²) in [6, 6.07) is 20.7. The van der Waals surface area contributed by atoms with E-state index in [4.69, 9.17) is 26.1 Å². The standard InChI is InChI=1S/C48H53ClN8O7S/c1-48(2)18-16-34(40(27-48)32-6-8-35(49)9-7-32)29-54-20-22-55(23-21-54)36-10-14-39(42(25-36)56-43-24-33-17-19-50-46(33)52-41(43)28-51-56)47(58)53-65(61,62)38-13-15-45(44(26-38)57(59)60)64-30-31-4-11-37(63-3)12-5-31/h6-10,13-15,17,19,24-26,28,31,37H,4-5,11-12,16,18,20-23,27,29-30H2,1-3H3,(H,50,52)(H,53,58)/t31-,37+.